The van der Waals surface area contributed by atoms with E-state index in [1.54, 1.807) is 38.2 Å². The molecule has 4 rings (SSSR count). The first kappa shape index (κ1) is 25.3. The molecule has 9 heteroatoms. The van der Waals surface area contributed by atoms with Crippen LogP contribution in [-0.2, 0) is 11.3 Å². The second-order valence-electron chi connectivity index (χ2n) is 9.40. The second-order valence-corrected chi connectivity index (χ2v) is 9.80. The summed E-state index contributed by atoms with van der Waals surface area (Å²) in [6.07, 6.45) is 1.71. The van der Waals surface area contributed by atoms with Gasteiger partial charge in [0, 0.05) is 23.3 Å². The smallest absolute Gasteiger partial charge is 0.257 e. The molecule has 0 fully saturated rings. The molecule has 36 heavy (non-hydrogen) atoms. The van der Waals surface area contributed by atoms with Gasteiger partial charge in [0.1, 0.15) is 0 Å². The minimum absolute atomic E-state index is 0.201. The molecule has 2 aromatic heterocycles. The van der Waals surface area contributed by atoms with E-state index in [2.05, 4.69) is 20.7 Å². The fraction of sp³-hybridized carbons (Fsp3) is 0.259. The van der Waals surface area contributed by atoms with Gasteiger partial charge in [0.05, 0.1) is 45.7 Å². The third-order valence-corrected chi connectivity index (χ3v) is 6.24. The molecular weight excluding hydrogens is 478 g/mol. The highest BCUT2D eigenvalue weighted by Crippen LogP contribution is 2.27. The summed E-state index contributed by atoms with van der Waals surface area (Å²) in [6, 6.07) is 14.5. The summed E-state index contributed by atoms with van der Waals surface area (Å²) < 4.78 is 1.82. The number of aromatic nitrogens is 3. The highest BCUT2D eigenvalue weighted by atomic mass is 35.5. The van der Waals surface area contributed by atoms with E-state index in [0.29, 0.717) is 16.3 Å². The molecule has 3 N–H and O–H groups in total. The zero-order valence-electron chi connectivity index (χ0n) is 20.6. The number of nitrogens with one attached hydrogen (secondary N) is 2. The Bertz CT molecular complexity index is 1440. The van der Waals surface area contributed by atoms with Crippen molar-refractivity contribution in [2.24, 2.45) is 5.41 Å². The zero-order valence-corrected chi connectivity index (χ0v) is 21.3. The summed E-state index contributed by atoms with van der Waals surface area (Å²) in [5, 5.41) is 20.7. The van der Waals surface area contributed by atoms with Gasteiger partial charge in [0.2, 0.25) is 5.91 Å². The Balaban J connectivity index is 1.58. The minimum atomic E-state index is -0.899. The lowest BCUT2D eigenvalue weighted by Gasteiger charge is -2.20. The standard InChI is InChI=1S/C27H28ClN5O3/c1-16-10-19(11-17(2)31-16)33-24-7-5-6-23(21(24)14-30-33)32-25(35)20-12-18(8-9-22(20)28)13-29-26(36)27(3,4)15-34/h5-12,14,34H,13,15H2,1-4H3,(H,29,36)(H,32,35). The topological polar surface area (TPSA) is 109 Å². The van der Waals surface area contributed by atoms with Gasteiger partial charge in [-0.25, -0.2) is 4.68 Å². The van der Waals surface area contributed by atoms with Crippen LogP contribution < -0.4 is 10.6 Å². The van der Waals surface area contributed by atoms with Gasteiger partial charge in [-0.05, 0) is 69.7 Å². The van der Waals surface area contributed by atoms with E-state index in [4.69, 9.17) is 11.6 Å². The van der Waals surface area contributed by atoms with Crippen molar-refractivity contribution in [3.63, 3.8) is 0 Å². The number of amides is 2. The van der Waals surface area contributed by atoms with Crippen LogP contribution in [0.15, 0.2) is 54.7 Å². The molecule has 0 aliphatic heterocycles. The number of rotatable bonds is 7. The van der Waals surface area contributed by atoms with Crippen LogP contribution in [0.25, 0.3) is 16.6 Å². The lowest BCUT2D eigenvalue weighted by Crippen LogP contribution is -2.38. The summed E-state index contributed by atoms with van der Waals surface area (Å²) in [4.78, 5) is 29.9. The first-order chi connectivity index (χ1) is 17.1. The molecule has 186 valence electrons. The molecule has 2 amide bonds. The Morgan fingerprint density at radius 1 is 1.08 bits per heavy atom. The Hall–Kier alpha value is -3.75. The van der Waals surface area contributed by atoms with Crippen molar-refractivity contribution in [3.05, 3.63) is 82.3 Å². The second kappa shape index (κ2) is 10.1. The summed E-state index contributed by atoms with van der Waals surface area (Å²) in [5.41, 5.74) is 4.21. The fourth-order valence-electron chi connectivity index (χ4n) is 3.84. The molecule has 4 aromatic rings. The Morgan fingerprint density at radius 3 is 2.50 bits per heavy atom. The monoisotopic (exact) mass is 505 g/mol. The van der Waals surface area contributed by atoms with Crippen LogP contribution >= 0.6 is 11.6 Å². The van der Waals surface area contributed by atoms with E-state index in [-0.39, 0.29) is 30.5 Å². The van der Waals surface area contributed by atoms with Gasteiger partial charge in [-0.15, -0.1) is 0 Å². The summed E-state index contributed by atoms with van der Waals surface area (Å²) in [7, 11) is 0. The largest absolute Gasteiger partial charge is 0.395 e. The average Bonchev–Trinajstić information content (AvgIpc) is 3.28. The van der Waals surface area contributed by atoms with E-state index in [1.165, 1.54) is 0 Å². The number of pyridine rings is 1. The van der Waals surface area contributed by atoms with Crippen LogP contribution in [0, 0.1) is 19.3 Å². The highest BCUT2D eigenvalue weighted by Gasteiger charge is 2.26. The Kier molecular flexibility index (Phi) is 7.10. The number of hydrogen-bond acceptors (Lipinski definition) is 5. The molecule has 0 aliphatic rings. The first-order valence-electron chi connectivity index (χ1n) is 11.5. The van der Waals surface area contributed by atoms with Crippen molar-refractivity contribution in [2.75, 3.05) is 11.9 Å². The third kappa shape index (κ3) is 5.24. The molecule has 2 heterocycles. The van der Waals surface area contributed by atoms with Gasteiger partial charge in [0.25, 0.3) is 5.91 Å². The molecule has 8 nitrogen and oxygen atoms in total. The molecule has 2 aromatic carbocycles. The lowest BCUT2D eigenvalue weighted by molar-refractivity contribution is -0.131. The average molecular weight is 506 g/mol. The molecule has 0 saturated heterocycles. The van der Waals surface area contributed by atoms with Crippen molar-refractivity contribution < 1.29 is 14.7 Å². The zero-order chi connectivity index (χ0) is 26.0. The number of hydrogen-bond donors (Lipinski definition) is 3. The maximum Gasteiger partial charge on any atom is 0.257 e. The molecule has 0 unspecified atom stereocenters. The maximum atomic E-state index is 13.2. The summed E-state index contributed by atoms with van der Waals surface area (Å²) >= 11 is 6.34. The summed E-state index contributed by atoms with van der Waals surface area (Å²) in [5.74, 6) is -0.658. The van der Waals surface area contributed by atoms with Gasteiger partial charge in [-0.2, -0.15) is 5.10 Å². The predicted molar refractivity (Wildman–Crippen MR) is 140 cm³/mol. The normalized spacial score (nSPS) is 11.5. The SMILES string of the molecule is Cc1cc(-n2ncc3c(NC(=O)c4cc(CNC(=O)C(C)(C)CO)ccc4Cl)cccc32)cc(C)n1. The number of fused-ring (bicyclic) bond motifs is 1. The van der Waals surface area contributed by atoms with Gasteiger partial charge in [0.15, 0.2) is 0 Å². The number of anilines is 1. The van der Waals surface area contributed by atoms with Gasteiger partial charge < -0.3 is 15.7 Å². The van der Waals surface area contributed by atoms with E-state index in [1.807, 2.05) is 48.9 Å². The number of aliphatic hydroxyl groups excluding tert-OH is 1. The van der Waals surface area contributed by atoms with Crippen LogP contribution in [0.2, 0.25) is 5.02 Å². The van der Waals surface area contributed by atoms with Crippen LogP contribution in [0.5, 0.6) is 0 Å². The number of nitrogens with zero attached hydrogens (tertiary/aromatic N) is 3. The van der Waals surface area contributed by atoms with E-state index in [9.17, 15) is 14.7 Å². The first-order valence-corrected chi connectivity index (χ1v) is 11.9. The highest BCUT2D eigenvalue weighted by molar-refractivity contribution is 6.34. The molecule has 0 saturated carbocycles. The van der Waals surface area contributed by atoms with Gasteiger partial charge in [-0.1, -0.05) is 23.7 Å². The number of carbonyl (C=O) groups is 2. The third-order valence-electron chi connectivity index (χ3n) is 5.91. The minimum Gasteiger partial charge on any atom is -0.395 e. The molecule has 0 radical (unpaired) electrons. The molecular formula is C27H28ClN5O3. The van der Waals surface area contributed by atoms with Crippen molar-refractivity contribution in [1.82, 2.24) is 20.1 Å². The van der Waals surface area contributed by atoms with Crippen molar-refractivity contribution >= 4 is 40.0 Å². The molecule has 0 aliphatic carbocycles. The van der Waals surface area contributed by atoms with E-state index < -0.39 is 5.41 Å². The van der Waals surface area contributed by atoms with Crippen LogP contribution in [-0.4, -0.2) is 38.3 Å². The molecule has 0 bridgehead atoms. The number of halogens is 1. The molecule has 0 spiro atoms. The van der Waals surface area contributed by atoms with Crippen LogP contribution in [0.3, 0.4) is 0 Å². The molecule has 0 atom stereocenters. The number of aryl methyl sites for hydroxylation is 2. The fourth-order valence-corrected chi connectivity index (χ4v) is 4.04. The Morgan fingerprint density at radius 2 is 1.81 bits per heavy atom. The van der Waals surface area contributed by atoms with Crippen molar-refractivity contribution in [3.8, 4) is 5.69 Å². The maximum absolute atomic E-state index is 13.2. The predicted octanol–water partition coefficient (Wildman–Crippen LogP) is 4.58. The van der Waals surface area contributed by atoms with Crippen LogP contribution in [0.1, 0.15) is 41.2 Å². The number of aliphatic hydroxyl groups is 1. The van der Waals surface area contributed by atoms with Gasteiger partial charge in [-0.3, -0.25) is 14.6 Å². The lowest BCUT2D eigenvalue weighted by atomic mass is 9.93. The van der Waals surface area contributed by atoms with Gasteiger partial charge >= 0.3 is 0 Å². The number of benzene rings is 2. The Labute approximate surface area is 214 Å². The van der Waals surface area contributed by atoms with Crippen LogP contribution in [0.4, 0.5) is 5.69 Å². The van der Waals surface area contributed by atoms with E-state index in [0.717, 1.165) is 28.0 Å². The van der Waals surface area contributed by atoms with Crippen molar-refractivity contribution in [1.29, 1.82) is 0 Å². The van der Waals surface area contributed by atoms with E-state index >= 15 is 0 Å². The summed E-state index contributed by atoms with van der Waals surface area (Å²) in [6.45, 7) is 7.11. The van der Waals surface area contributed by atoms with Crippen molar-refractivity contribution in [2.45, 2.75) is 34.2 Å². The number of carbonyl (C=O) groups excluding carboxylic acids is 2. The quantitative estimate of drug-likeness (QED) is 0.340.